The van der Waals surface area contributed by atoms with Gasteiger partial charge in [-0.2, -0.15) is 0 Å². The lowest BCUT2D eigenvalue weighted by atomic mass is 10.1. The molecular formula is C16H17ClFNO. The fourth-order valence-corrected chi connectivity index (χ4v) is 1.98. The lowest BCUT2D eigenvalue weighted by molar-refractivity contribution is 0.476. The van der Waals surface area contributed by atoms with Crippen molar-refractivity contribution < 1.29 is 9.13 Å². The minimum atomic E-state index is -0.482. The second-order valence-electron chi connectivity index (χ2n) is 4.55. The van der Waals surface area contributed by atoms with Gasteiger partial charge in [-0.05, 0) is 48.9 Å². The molecule has 0 heterocycles. The zero-order valence-corrected chi connectivity index (χ0v) is 12.3. The maximum atomic E-state index is 13.3. The number of rotatable bonds is 5. The molecule has 0 aliphatic heterocycles. The van der Waals surface area contributed by atoms with Gasteiger partial charge in [-0.25, -0.2) is 4.39 Å². The molecule has 0 fully saturated rings. The predicted molar refractivity (Wildman–Crippen MR) is 80.0 cm³/mol. The molecular weight excluding hydrogens is 277 g/mol. The summed E-state index contributed by atoms with van der Waals surface area (Å²) in [6.45, 7) is 5.86. The van der Waals surface area contributed by atoms with E-state index in [1.165, 1.54) is 17.7 Å². The van der Waals surface area contributed by atoms with Gasteiger partial charge in [0.05, 0.1) is 5.02 Å². The molecule has 0 bridgehead atoms. The van der Waals surface area contributed by atoms with E-state index in [1.54, 1.807) is 6.07 Å². The first kappa shape index (κ1) is 14.8. The van der Waals surface area contributed by atoms with Gasteiger partial charge in [-0.1, -0.05) is 24.6 Å². The molecule has 0 aromatic heterocycles. The largest absolute Gasteiger partial charge is 0.457 e. The van der Waals surface area contributed by atoms with Crippen molar-refractivity contribution in [2.45, 2.75) is 20.4 Å². The van der Waals surface area contributed by atoms with Crippen molar-refractivity contribution in [3.8, 4) is 11.5 Å². The van der Waals surface area contributed by atoms with Crippen molar-refractivity contribution in [2.24, 2.45) is 0 Å². The predicted octanol–water partition coefficient (Wildman–Crippen LogP) is 4.69. The Balaban J connectivity index is 2.13. The first-order chi connectivity index (χ1) is 9.60. The summed E-state index contributed by atoms with van der Waals surface area (Å²) >= 11 is 5.64. The highest BCUT2D eigenvalue weighted by Gasteiger charge is 2.05. The quantitative estimate of drug-likeness (QED) is 0.863. The highest BCUT2D eigenvalue weighted by molar-refractivity contribution is 6.30. The zero-order valence-electron chi connectivity index (χ0n) is 11.5. The molecule has 20 heavy (non-hydrogen) atoms. The van der Waals surface area contributed by atoms with Crippen LogP contribution in [0, 0.1) is 12.7 Å². The van der Waals surface area contributed by atoms with Gasteiger partial charge in [0.25, 0.3) is 0 Å². The number of hydrogen-bond donors (Lipinski definition) is 1. The first-order valence-corrected chi connectivity index (χ1v) is 6.91. The molecule has 0 atom stereocenters. The van der Waals surface area contributed by atoms with Crippen molar-refractivity contribution in [1.29, 1.82) is 0 Å². The molecule has 4 heteroatoms. The van der Waals surface area contributed by atoms with Crippen LogP contribution in [0.25, 0.3) is 0 Å². The molecule has 0 amide bonds. The van der Waals surface area contributed by atoms with Crippen LogP contribution >= 0.6 is 11.6 Å². The van der Waals surface area contributed by atoms with Crippen LogP contribution in [0.4, 0.5) is 4.39 Å². The fraction of sp³-hybridized carbons (Fsp3) is 0.250. The number of benzene rings is 2. The normalized spacial score (nSPS) is 10.6. The Bertz CT molecular complexity index is 601. The second-order valence-corrected chi connectivity index (χ2v) is 4.95. The second kappa shape index (κ2) is 6.73. The van der Waals surface area contributed by atoms with E-state index in [2.05, 4.69) is 12.2 Å². The first-order valence-electron chi connectivity index (χ1n) is 6.53. The van der Waals surface area contributed by atoms with E-state index in [0.29, 0.717) is 11.5 Å². The van der Waals surface area contributed by atoms with Crippen molar-refractivity contribution in [2.75, 3.05) is 6.54 Å². The number of hydrogen-bond acceptors (Lipinski definition) is 2. The van der Waals surface area contributed by atoms with Crippen LogP contribution in [-0.4, -0.2) is 6.54 Å². The van der Waals surface area contributed by atoms with Crippen LogP contribution in [0.5, 0.6) is 11.5 Å². The molecule has 0 spiro atoms. The Kier molecular flexibility index (Phi) is 4.99. The van der Waals surface area contributed by atoms with Crippen LogP contribution < -0.4 is 10.1 Å². The van der Waals surface area contributed by atoms with E-state index < -0.39 is 5.82 Å². The van der Waals surface area contributed by atoms with E-state index in [9.17, 15) is 4.39 Å². The Hall–Kier alpha value is -1.58. The lowest BCUT2D eigenvalue weighted by Gasteiger charge is -2.10. The maximum absolute atomic E-state index is 13.3. The third kappa shape index (κ3) is 3.71. The van der Waals surface area contributed by atoms with Gasteiger partial charge in [0.2, 0.25) is 0 Å². The minimum Gasteiger partial charge on any atom is -0.457 e. The molecule has 0 unspecified atom stereocenters. The molecule has 2 aromatic carbocycles. The van der Waals surface area contributed by atoms with Gasteiger partial charge in [-0.15, -0.1) is 0 Å². The summed E-state index contributed by atoms with van der Waals surface area (Å²) in [6.07, 6.45) is 0. The summed E-state index contributed by atoms with van der Waals surface area (Å²) in [6, 6.07) is 10.3. The molecule has 106 valence electrons. The molecule has 0 saturated heterocycles. The van der Waals surface area contributed by atoms with Gasteiger partial charge < -0.3 is 10.1 Å². The minimum absolute atomic E-state index is 0.0921. The van der Waals surface area contributed by atoms with Gasteiger partial charge in [0, 0.05) is 12.6 Å². The van der Waals surface area contributed by atoms with E-state index >= 15 is 0 Å². The molecule has 2 nitrogen and oxygen atoms in total. The third-order valence-electron chi connectivity index (χ3n) is 3.01. The SMILES string of the molecule is CCNCc1ccc(Oc2ccc(Cl)c(F)c2)cc1C. The Morgan fingerprint density at radius 2 is 1.85 bits per heavy atom. The molecule has 0 saturated carbocycles. The average Bonchev–Trinajstić information content (AvgIpc) is 2.42. The van der Waals surface area contributed by atoms with Gasteiger partial charge in [0.15, 0.2) is 0 Å². The molecule has 0 aliphatic rings. The van der Waals surface area contributed by atoms with Crippen LogP contribution in [0.1, 0.15) is 18.1 Å². The van der Waals surface area contributed by atoms with Gasteiger partial charge >= 0.3 is 0 Å². The van der Waals surface area contributed by atoms with Crippen molar-refractivity contribution >= 4 is 11.6 Å². The highest BCUT2D eigenvalue weighted by atomic mass is 35.5. The van der Waals surface area contributed by atoms with Crippen LogP contribution in [0.15, 0.2) is 36.4 Å². The monoisotopic (exact) mass is 293 g/mol. The smallest absolute Gasteiger partial charge is 0.145 e. The van der Waals surface area contributed by atoms with Crippen LogP contribution in [-0.2, 0) is 6.54 Å². The van der Waals surface area contributed by atoms with Crippen molar-refractivity contribution in [3.05, 3.63) is 58.4 Å². The summed E-state index contributed by atoms with van der Waals surface area (Å²) in [5.41, 5.74) is 2.36. The number of halogens is 2. The average molecular weight is 294 g/mol. The summed E-state index contributed by atoms with van der Waals surface area (Å²) in [5.74, 6) is 0.639. The summed E-state index contributed by atoms with van der Waals surface area (Å²) in [5, 5.41) is 3.38. The third-order valence-corrected chi connectivity index (χ3v) is 3.31. The molecule has 0 aliphatic carbocycles. The van der Waals surface area contributed by atoms with Crippen molar-refractivity contribution in [3.63, 3.8) is 0 Å². The molecule has 2 aromatic rings. The number of nitrogens with one attached hydrogen (secondary N) is 1. The Morgan fingerprint density at radius 1 is 1.15 bits per heavy atom. The van der Waals surface area contributed by atoms with Crippen LogP contribution in [0.3, 0.4) is 0 Å². The van der Waals surface area contributed by atoms with E-state index in [0.717, 1.165) is 18.7 Å². The summed E-state index contributed by atoms with van der Waals surface area (Å²) in [7, 11) is 0. The molecule has 1 N–H and O–H groups in total. The van der Waals surface area contributed by atoms with E-state index in [4.69, 9.17) is 16.3 Å². The maximum Gasteiger partial charge on any atom is 0.145 e. The lowest BCUT2D eigenvalue weighted by Crippen LogP contribution is -2.12. The summed E-state index contributed by atoms with van der Waals surface area (Å²) < 4.78 is 19.0. The Morgan fingerprint density at radius 3 is 2.50 bits per heavy atom. The number of ether oxygens (including phenoxy) is 1. The molecule has 0 radical (unpaired) electrons. The highest BCUT2D eigenvalue weighted by Crippen LogP contribution is 2.26. The summed E-state index contributed by atoms with van der Waals surface area (Å²) in [4.78, 5) is 0. The topological polar surface area (TPSA) is 21.3 Å². The van der Waals surface area contributed by atoms with E-state index in [-0.39, 0.29) is 5.02 Å². The van der Waals surface area contributed by atoms with Crippen molar-refractivity contribution in [1.82, 2.24) is 5.32 Å². The Labute approximate surface area is 123 Å². The standard InChI is InChI=1S/C16H17ClFNO/c1-3-19-10-12-4-5-13(8-11(12)2)20-14-6-7-15(17)16(18)9-14/h4-9,19H,3,10H2,1-2H3. The molecule has 2 rings (SSSR count). The van der Waals surface area contributed by atoms with Gasteiger partial charge in [0.1, 0.15) is 17.3 Å². The fourth-order valence-electron chi connectivity index (χ4n) is 1.87. The zero-order chi connectivity index (χ0) is 14.5. The van der Waals surface area contributed by atoms with Gasteiger partial charge in [-0.3, -0.25) is 0 Å². The van der Waals surface area contributed by atoms with E-state index in [1.807, 2.05) is 25.1 Å². The number of aryl methyl sites for hydroxylation is 1. The van der Waals surface area contributed by atoms with Crippen LogP contribution in [0.2, 0.25) is 5.02 Å².